The Hall–Kier alpha value is 0.320. The predicted molar refractivity (Wildman–Crippen MR) is 47.7 cm³/mol. The summed E-state index contributed by atoms with van der Waals surface area (Å²) in [5.74, 6) is 0. The van der Waals surface area contributed by atoms with Crippen LogP contribution >= 0.6 is 22.7 Å². The highest BCUT2D eigenvalue weighted by molar-refractivity contribution is 7.78. The minimum atomic E-state index is 0. The molecule has 0 spiro atoms. The van der Waals surface area contributed by atoms with Crippen molar-refractivity contribution in [1.29, 1.82) is 0 Å². The minimum absolute atomic E-state index is 0. The first kappa shape index (κ1) is 12.9. The topological polar surface area (TPSA) is 26.0 Å². The molecule has 0 amide bonds. The maximum atomic E-state index is 4.54. The van der Waals surface area contributed by atoms with E-state index < -0.39 is 0 Å². The Kier molecular flexibility index (Phi) is 12.1. The zero-order valence-corrected chi connectivity index (χ0v) is 9.45. The first-order valence-corrected chi connectivity index (χ1v) is 4.68. The number of halogens is 1. The van der Waals surface area contributed by atoms with Gasteiger partial charge in [0.1, 0.15) is 17.0 Å². The van der Waals surface area contributed by atoms with E-state index in [2.05, 4.69) is 47.1 Å². The van der Waals surface area contributed by atoms with Gasteiger partial charge in [-0.2, -0.15) is 0 Å². The normalized spacial score (nSPS) is 6.50. The molecule has 0 unspecified atom stereocenters. The molecule has 4 heteroatoms. The monoisotopic (exact) mass is 287 g/mol. The van der Waals surface area contributed by atoms with Gasteiger partial charge in [-0.15, -0.1) is 0 Å². The Bertz CT molecular complexity index is 151. The van der Waals surface area contributed by atoms with E-state index in [-0.39, 0.29) is 24.0 Å². The number of hydrogen-bond acceptors (Lipinski definition) is 1. The summed E-state index contributed by atoms with van der Waals surface area (Å²) in [5, 5.41) is 4.39. The average molecular weight is 287 g/mol. The number of thiophene rings is 1. The van der Waals surface area contributed by atoms with E-state index in [0.717, 1.165) is 5.49 Å². The molecule has 0 atom stereocenters. The third-order valence-electron chi connectivity index (χ3n) is 0.698. The van der Waals surface area contributed by atoms with Gasteiger partial charge in [0.15, 0.2) is 0 Å². The standard InChI is InChI=1S/C5H7S.CH3NS.HI/c1-6-4-2-3-5-6;2-1-3;/h2-5H,1H3;1H,(H2,2,3);1H/q+1;;/p-1. The van der Waals surface area contributed by atoms with Crippen LogP contribution in [0.3, 0.4) is 0 Å². The van der Waals surface area contributed by atoms with Crippen LogP contribution in [0, 0.1) is 0 Å². The summed E-state index contributed by atoms with van der Waals surface area (Å²) in [6.45, 7) is 0. The molecule has 2 N–H and O–H groups in total. The van der Waals surface area contributed by atoms with Crippen LogP contribution in [-0.4, -0.2) is 5.49 Å². The van der Waals surface area contributed by atoms with Crippen LogP contribution in [0.5, 0.6) is 0 Å². The zero-order valence-electron chi connectivity index (χ0n) is 5.66. The molecule has 0 aliphatic heterocycles. The Balaban J connectivity index is 0. The SMILES string of the molecule is C[s+]1cccc1.NC=S.[I-]. The zero-order chi connectivity index (χ0) is 7.11. The number of rotatable bonds is 0. The van der Waals surface area contributed by atoms with Crippen molar-refractivity contribution in [2.75, 3.05) is 0 Å². The largest absolute Gasteiger partial charge is 1.00 e. The Morgan fingerprint density at radius 1 is 1.40 bits per heavy atom. The number of aryl methyl sites for hydroxylation is 1. The molecule has 0 aliphatic rings. The quantitative estimate of drug-likeness (QED) is 0.372. The third-order valence-corrected chi connectivity index (χ3v) is 1.87. The highest BCUT2D eigenvalue weighted by Gasteiger charge is 1.84. The van der Waals surface area contributed by atoms with E-state index in [1.807, 2.05) is 0 Å². The van der Waals surface area contributed by atoms with Gasteiger partial charge in [-0.1, -0.05) is 12.2 Å². The molecule has 0 fully saturated rings. The van der Waals surface area contributed by atoms with Gasteiger partial charge in [0, 0.05) is 0 Å². The van der Waals surface area contributed by atoms with Crippen LogP contribution in [0.1, 0.15) is 0 Å². The average Bonchev–Trinajstić information content (AvgIpc) is 2.20. The fourth-order valence-corrected chi connectivity index (χ4v) is 1.15. The lowest BCUT2D eigenvalue weighted by Gasteiger charge is -1.56. The van der Waals surface area contributed by atoms with Gasteiger partial charge in [0.25, 0.3) is 0 Å². The summed E-state index contributed by atoms with van der Waals surface area (Å²) in [6, 6.07) is 4.17. The Labute approximate surface area is 86.6 Å². The second-order valence-corrected chi connectivity index (χ2v) is 3.43. The lowest BCUT2D eigenvalue weighted by molar-refractivity contribution is -0.00000192. The van der Waals surface area contributed by atoms with Gasteiger partial charge < -0.3 is 29.7 Å². The van der Waals surface area contributed by atoms with Gasteiger partial charge >= 0.3 is 0 Å². The summed E-state index contributed by atoms with van der Waals surface area (Å²) in [5.41, 5.74) is 5.62. The maximum absolute atomic E-state index is 4.54. The molecule has 0 saturated carbocycles. The van der Waals surface area contributed by atoms with Crippen LogP contribution in [0.25, 0.3) is 0 Å². The van der Waals surface area contributed by atoms with Crippen molar-refractivity contribution in [3.63, 3.8) is 0 Å². The molecule has 10 heavy (non-hydrogen) atoms. The van der Waals surface area contributed by atoms with Crippen LogP contribution < -0.4 is 29.7 Å². The number of thiocarbonyl (C=S) groups is 1. The highest BCUT2D eigenvalue weighted by Crippen LogP contribution is 2.08. The molecule has 0 aromatic carbocycles. The molecule has 1 aromatic rings. The van der Waals surface area contributed by atoms with Crippen molar-refractivity contribution in [3.05, 3.63) is 22.9 Å². The fourth-order valence-electron chi connectivity index (χ4n) is 0.384. The van der Waals surface area contributed by atoms with Crippen molar-refractivity contribution < 1.29 is 24.0 Å². The molecular formula is C6H10INS2. The fraction of sp³-hybridized carbons (Fsp3) is 0.167. The molecular weight excluding hydrogens is 277 g/mol. The molecule has 1 heterocycles. The second-order valence-electron chi connectivity index (χ2n) is 1.40. The van der Waals surface area contributed by atoms with Crippen molar-refractivity contribution in [2.45, 2.75) is 0 Å². The van der Waals surface area contributed by atoms with E-state index in [9.17, 15) is 0 Å². The summed E-state index contributed by atoms with van der Waals surface area (Å²) in [7, 11) is 0.466. The van der Waals surface area contributed by atoms with Gasteiger partial charge in [0.2, 0.25) is 0 Å². The van der Waals surface area contributed by atoms with Gasteiger partial charge in [-0.25, -0.2) is 0 Å². The van der Waals surface area contributed by atoms with E-state index in [1.165, 1.54) is 0 Å². The Morgan fingerprint density at radius 2 is 1.70 bits per heavy atom. The van der Waals surface area contributed by atoms with Crippen LogP contribution in [-0.2, 0) is 6.26 Å². The maximum Gasteiger partial charge on any atom is 0.137 e. The molecule has 1 rings (SSSR count). The summed E-state index contributed by atoms with van der Waals surface area (Å²) >= 11 is 4.05. The summed E-state index contributed by atoms with van der Waals surface area (Å²) in [4.78, 5) is 0. The number of hydrogen-bond donors (Lipinski definition) is 1. The first-order chi connectivity index (χ1) is 4.31. The summed E-state index contributed by atoms with van der Waals surface area (Å²) in [6.07, 6.45) is 2.19. The van der Waals surface area contributed by atoms with E-state index >= 15 is 0 Å². The molecule has 1 nitrogen and oxygen atoms in total. The van der Waals surface area contributed by atoms with Crippen molar-refractivity contribution in [3.8, 4) is 0 Å². The van der Waals surface area contributed by atoms with E-state index in [4.69, 9.17) is 0 Å². The molecule has 0 bridgehead atoms. The molecule has 0 radical (unpaired) electrons. The highest BCUT2D eigenvalue weighted by atomic mass is 127. The van der Waals surface area contributed by atoms with Gasteiger partial charge in [-0.3, -0.25) is 0 Å². The van der Waals surface area contributed by atoms with Crippen molar-refractivity contribution in [1.82, 2.24) is 0 Å². The Morgan fingerprint density at radius 3 is 1.80 bits per heavy atom. The van der Waals surface area contributed by atoms with Crippen LogP contribution in [0.2, 0.25) is 0 Å². The predicted octanol–water partition coefficient (Wildman–Crippen LogP) is -1.12. The molecule has 0 aliphatic carbocycles. The number of nitrogens with two attached hydrogens (primary N) is 1. The minimum Gasteiger partial charge on any atom is -1.00 e. The smallest absolute Gasteiger partial charge is 0.137 e. The third kappa shape index (κ3) is 8.32. The van der Waals surface area contributed by atoms with Gasteiger partial charge in [0.05, 0.1) is 5.49 Å². The van der Waals surface area contributed by atoms with E-state index in [0.29, 0.717) is 10.5 Å². The van der Waals surface area contributed by atoms with Crippen LogP contribution in [0.15, 0.2) is 22.9 Å². The first-order valence-electron chi connectivity index (χ1n) is 2.45. The lowest BCUT2D eigenvalue weighted by Crippen LogP contribution is -3.00. The van der Waals surface area contributed by atoms with E-state index in [1.54, 1.807) is 0 Å². The summed E-state index contributed by atoms with van der Waals surface area (Å²) < 4.78 is 0. The van der Waals surface area contributed by atoms with Crippen LogP contribution in [0.4, 0.5) is 0 Å². The van der Waals surface area contributed by atoms with Crippen molar-refractivity contribution in [2.24, 2.45) is 12.0 Å². The van der Waals surface area contributed by atoms with Gasteiger partial charge in [-0.05, 0) is 22.6 Å². The lowest BCUT2D eigenvalue weighted by atomic mass is 10.7. The molecule has 1 aromatic heterocycles. The second kappa shape index (κ2) is 9.32. The molecule has 0 saturated heterocycles. The molecule has 58 valence electrons. The van der Waals surface area contributed by atoms with Crippen molar-refractivity contribution >= 4 is 28.2 Å².